The molecule has 98 valence electrons. The van der Waals surface area contributed by atoms with Crippen LogP contribution < -0.4 is 5.73 Å². The Kier molecular flexibility index (Phi) is 4.59. The summed E-state index contributed by atoms with van der Waals surface area (Å²) in [5.41, 5.74) is 6.93. The summed E-state index contributed by atoms with van der Waals surface area (Å²) in [4.78, 5) is 2.45. The Morgan fingerprint density at radius 1 is 1.39 bits per heavy atom. The Morgan fingerprint density at radius 2 is 2.17 bits per heavy atom. The molecule has 1 aromatic carbocycles. The van der Waals surface area contributed by atoms with Gasteiger partial charge in [0.2, 0.25) is 0 Å². The summed E-state index contributed by atoms with van der Waals surface area (Å²) in [7, 11) is 0. The van der Waals surface area contributed by atoms with Crippen molar-refractivity contribution in [3.05, 3.63) is 35.9 Å². The predicted octanol–water partition coefficient (Wildman–Crippen LogP) is 2.04. The first-order valence-corrected chi connectivity index (χ1v) is 6.50. The summed E-state index contributed by atoms with van der Waals surface area (Å²) >= 11 is 0. The van der Waals surface area contributed by atoms with E-state index in [1.807, 2.05) is 6.07 Å². The fourth-order valence-electron chi connectivity index (χ4n) is 2.64. The van der Waals surface area contributed by atoms with Gasteiger partial charge in [-0.05, 0) is 30.9 Å². The van der Waals surface area contributed by atoms with Crippen molar-refractivity contribution >= 4 is 5.84 Å². The average molecular weight is 247 g/mol. The van der Waals surface area contributed by atoms with E-state index in [0.717, 1.165) is 19.6 Å². The fourth-order valence-corrected chi connectivity index (χ4v) is 2.64. The van der Waals surface area contributed by atoms with Crippen LogP contribution in [-0.4, -0.2) is 29.0 Å². The molecule has 0 bridgehead atoms. The maximum atomic E-state index is 8.62. The lowest BCUT2D eigenvalue weighted by atomic mass is 9.94. The minimum Gasteiger partial charge on any atom is -0.409 e. The third kappa shape index (κ3) is 3.74. The van der Waals surface area contributed by atoms with Gasteiger partial charge in [-0.2, -0.15) is 0 Å². The topological polar surface area (TPSA) is 61.8 Å². The summed E-state index contributed by atoms with van der Waals surface area (Å²) in [6.45, 7) is 3.17. The first-order chi connectivity index (χ1) is 8.78. The molecule has 1 atom stereocenters. The maximum absolute atomic E-state index is 8.62. The van der Waals surface area contributed by atoms with Crippen LogP contribution in [0.25, 0.3) is 0 Å². The van der Waals surface area contributed by atoms with Crippen LogP contribution in [0.1, 0.15) is 24.8 Å². The lowest BCUT2D eigenvalue weighted by Gasteiger charge is -2.32. The second kappa shape index (κ2) is 6.40. The SMILES string of the molecule is N/C(CC1CCCN(Cc2ccccc2)C1)=N/O. The van der Waals surface area contributed by atoms with Crippen molar-refractivity contribution in [2.75, 3.05) is 13.1 Å². The van der Waals surface area contributed by atoms with Crippen molar-refractivity contribution in [1.29, 1.82) is 0 Å². The van der Waals surface area contributed by atoms with E-state index < -0.39 is 0 Å². The molecule has 4 heteroatoms. The number of likely N-dealkylation sites (tertiary alicyclic amines) is 1. The normalized spacial score (nSPS) is 22.0. The minimum atomic E-state index is 0.349. The zero-order chi connectivity index (χ0) is 12.8. The van der Waals surface area contributed by atoms with Crippen LogP contribution in [-0.2, 0) is 6.54 Å². The number of nitrogens with zero attached hydrogens (tertiary/aromatic N) is 2. The van der Waals surface area contributed by atoms with E-state index >= 15 is 0 Å². The van der Waals surface area contributed by atoms with Crippen LogP contribution in [0.5, 0.6) is 0 Å². The number of piperidine rings is 1. The molecule has 1 unspecified atom stereocenters. The van der Waals surface area contributed by atoms with Gasteiger partial charge in [0.1, 0.15) is 5.84 Å². The first-order valence-electron chi connectivity index (χ1n) is 6.50. The van der Waals surface area contributed by atoms with Gasteiger partial charge in [-0.15, -0.1) is 0 Å². The van der Waals surface area contributed by atoms with Gasteiger partial charge in [0.25, 0.3) is 0 Å². The second-order valence-corrected chi connectivity index (χ2v) is 5.02. The molecule has 0 amide bonds. The molecule has 1 saturated heterocycles. The van der Waals surface area contributed by atoms with E-state index in [9.17, 15) is 0 Å². The highest BCUT2D eigenvalue weighted by molar-refractivity contribution is 5.79. The number of rotatable bonds is 4. The van der Waals surface area contributed by atoms with Gasteiger partial charge < -0.3 is 10.9 Å². The summed E-state index contributed by atoms with van der Waals surface area (Å²) in [6, 6.07) is 10.5. The number of nitrogens with two attached hydrogens (primary N) is 1. The molecular weight excluding hydrogens is 226 g/mol. The standard InChI is InChI=1S/C14H21N3O/c15-14(16-18)9-13-7-4-8-17(11-13)10-12-5-2-1-3-6-12/h1-3,5-6,13,18H,4,7-11H2,(H2,15,16). The highest BCUT2D eigenvalue weighted by Gasteiger charge is 2.20. The van der Waals surface area contributed by atoms with E-state index in [1.54, 1.807) is 0 Å². The zero-order valence-electron chi connectivity index (χ0n) is 10.6. The van der Waals surface area contributed by atoms with E-state index in [1.165, 1.54) is 18.4 Å². The van der Waals surface area contributed by atoms with E-state index in [-0.39, 0.29) is 0 Å². The lowest BCUT2D eigenvalue weighted by molar-refractivity contribution is 0.170. The number of benzene rings is 1. The summed E-state index contributed by atoms with van der Waals surface area (Å²) in [5.74, 6) is 0.861. The van der Waals surface area contributed by atoms with Crippen LogP contribution in [0.4, 0.5) is 0 Å². The van der Waals surface area contributed by atoms with Crippen LogP contribution in [0.3, 0.4) is 0 Å². The molecule has 1 fully saturated rings. The number of oxime groups is 1. The summed E-state index contributed by atoms with van der Waals surface area (Å²) in [5, 5.41) is 11.7. The molecule has 1 aliphatic heterocycles. The van der Waals surface area contributed by atoms with Gasteiger partial charge in [-0.25, -0.2) is 0 Å². The molecule has 0 saturated carbocycles. The molecule has 1 aliphatic rings. The Morgan fingerprint density at radius 3 is 2.89 bits per heavy atom. The Bertz CT molecular complexity index is 391. The molecule has 0 radical (unpaired) electrons. The van der Waals surface area contributed by atoms with Crippen LogP contribution in [0.2, 0.25) is 0 Å². The number of hydrogen-bond acceptors (Lipinski definition) is 3. The Hall–Kier alpha value is -1.55. The van der Waals surface area contributed by atoms with Crippen molar-refractivity contribution < 1.29 is 5.21 Å². The molecule has 18 heavy (non-hydrogen) atoms. The van der Waals surface area contributed by atoms with Gasteiger partial charge in [0.15, 0.2) is 0 Å². The molecule has 0 spiro atoms. The van der Waals surface area contributed by atoms with Gasteiger partial charge in [0.05, 0.1) is 0 Å². The Labute approximate surface area is 108 Å². The summed E-state index contributed by atoms with van der Waals surface area (Å²) in [6.07, 6.45) is 3.06. The highest BCUT2D eigenvalue weighted by Crippen LogP contribution is 2.21. The van der Waals surface area contributed by atoms with Crippen molar-refractivity contribution in [2.24, 2.45) is 16.8 Å². The molecular formula is C14H21N3O. The van der Waals surface area contributed by atoms with Crippen LogP contribution in [0, 0.1) is 5.92 Å². The van der Waals surface area contributed by atoms with Gasteiger partial charge in [-0.1, -0.05) is 35.5 Å². The van der Waals surface area contributed by atoms with Crippen molar-refractivity contribution in [2.45, 2.75) is 25.8 Å². The van der Waals surface area contributed by atoms with Crippen molar-refractivity contribution in [1.82, 2.24) is 4.90 Å². The third-order valence-electron chi connectivity index (χ3n) is 3.48. The van der Waals surface area contributed by atoms with E-state index in [2.05, 4.69) is 34.3 Å². The van der Waals surface area contributed by atoms with Crippen LogP contribution in [0.15, 0.2) is 35.5 Å². The minimum absolute atomic E-state index is 0.349. The second-order valence-electron chi connectivity index (χ2n) is 5.02. The largest absolute Gasteiger partial charge is 0.409 e. The van der Waals surface area contributed by atoms with Gasteiger partial charge in [0, 0.05) is 19.5 Å². The molecule has 0 aliphatic carbocycles. The highest BCUT2D eigenvalue weighted by atomic mass is 16.4. The maximum Gasteiger partial charge on any atom is 0.139 e. The number of hydrogen-bond donors (Lipinski definition) is 2. The third-order valence-corrected chi connectivity index (χ3v) is 3.48. The lowest BCUT2D eigenvalue weighted by Crippen LogP contribution is -2.36. The van der Waals surface area contributed by atoms with Crippen molar-refractivity contribution in [3.63, 3.8) is 0 Å². The van der Waals surface area contributed by atoms with Crippen molar-refractivity contribution in [3.8, 4) is 0 Å². The Balaban J connectivity index is 1.87. The fraction of sp³-hybridized carbons (Fsp3) is 0.500. The van der Waals surface area contributed by atoms with E-state index in [4.69, 9.17) is 10.9 Å². The first kappa shape index (κ1) is 12.9. The smallest absolute Gasteiger partial charge is 0.139 e. The predicted molar refractivity (Wildman–Crippen MR) is 72.5 cm³/mol. The summed E-state index contributed by atoms with van der Waals surface area (Å²) < 4.78 is 0. The molecule has 4 nitrogen and oxygen atoms in total. The van der Waals surface area contributed by atoms with Gasteiger partial charge in [-0.3, -0.25) is 4.90 Å². The number of amidine groups is 1. The molecule has 0 aromatic heterocycles. The quantitative estimate of drug-likeness (QED) is 0.370. The molecule has 1 aromatic rings. The molecule has 3 N–H and O–H groups in total. The molecule has 1 heterocycles. The average Bonchev–Trinajstić information content (AvgIpc) is 2.40. The molecule has 2 rings (SSSR count). The van der Waals surface area contributed by atoms with Crippen LogP contribution >= 0.6 is 0 Å². The monoisotopic (exact) mass is 247 g/mol. The van der Waals surface area contributed by atoms with E-state index in [0.29, 0.717) is 18.2 Å². The van der Waals surface area contributed by atoms with Gasteiger partial charge >= 0.3 is 0 Å². The zero-order valence-corrected chi connectivity index (χ0v) is 10.6.